The number of hydrogen-bond acceptors (Lipinski definition) is 2. The van der Waals surface area contributed by atoms with Crippen molar-refractivity contribution in [1.82, 2.24) is 4.90 Å². The van der Waals surface area contributed by atoms with Crippen molar-refractivity contribution in [2.45, 2.75) is 48.0 Å². The van der Waals surface area contributed by atoms with Crippen LogP contribution in [0.15, 0.2) is 0 Å². The Balaban J connectivity index is 4.84. The predicted molar refractivity (Wildman–Crippen MR) is 72.3 cm³/mol. The molecule has 0 saturated carbocycles. The molecule has 1 N–H and O–H groups in total. The van der Waals surface area contributed by atoms with Gasteiger partial charge < -0.3 is 10.0 Å². The lowest BCUT2D eigenvalue weighted by Gasteiger charge is -2.32. The van der Waals surface area contributed by atoms with Gasteiger partial charge in [-0.25, -0.2) is 0 Å². The SMILES string of the molecule is CCN(CC(C)C)C(=O)CC(C)(C(=O)O)C(C)C. The maximum Gasteiger partial charge on any atom is 0.310 e. The summed E-state index contributed by atoms with van der Waals surface area (Å²) in [6.07, 6.45) is 0.0700. The summed E-state index contributed by atoms with van der Waals surface area (Å²) < 4.78 is 0. The molecule has 0 spiro atoms. The van der Waals surface area contributed by atoms with Crippen molar-refractivity contribution < 1.29 is 14.7 Å². The molecule has 1 atom stereocenters. The molecule has 0 aliphatic rings. The quantitative estimate of drug-likeness (QED) is 0.762. The lowest BCUT2D eigenvalue weighted by Crippen LogP contribution is -2.42. The van der Waals surface area contributed by atoms with E-state index in [2.05, 4.69) is 13.8 Å². The van der Waals surface area contributed by atoms with E-state index in [0.717, 1.165) is 0 Å². The van der Waals surface area contributed by atoms with Crippen molar-refractivity contribution in [3.63, 3.8) is 0 Å². The fourth-order valence-electron chi connectivity index (χ4n) is 1.80. The van der Waals surface area contributed by atoms with Gasteiger partial charge in [-0.3, -0.25) is 9.59 Å². The van der Waals surface area contributed by atoms with E-state index in [4.69, 9.17) is 0 Å². The zero-order valence-corrected chi connectivity index (χ0v) is 12.5. The molecule has 0 aromatic heterocycles. The Labute approximate surface area is 110 Å². The van der Waals surface area contributed by atoms with Crippen LogP contribution in [0.1, 0.15) is 48.0 Å². The average molecular weight is 257 g/mol. The molecular weight excluding hydrogens is 230 g/mol. The summed E-state index contributed by atoms with van der Waals surface area (Å²) in [6.45, 7) is 12.7. The zero-order chi connectivity index (χ0) is 14.5. The standard InChI is InChI=1S/C14H27NO3/c1-7-15(9-10(2)3)12(16)8-14(6,11(4)5)13(17)18/h10-11H,7-9H2,1-6H3,(H,17,18). The summed E-state index contributed by atoms with van der Waals surface area (Å²) in [5.41, 5.74) is -0.985. The highest BCUT2D eigenvalue weighted by atomic mass is 16.4. The monoisotopic (exact) mass is 257 g/mol. The van der Waals surface area contributed by atoms with Crippen molar-refractivity contribution in [2.24, 2.45) is 17.3 Å². The molecule has 1 amide bonds. The molecule has 0 fully saturated rings. The van der Waals surface area contributed by atoms with E-state index in [1.54, 1.807) is 11.8 Å². The molecule has 0 rings (SSSR count). The number of carbonyl (C=O) groups excluding carboxylic acids is 1. The van der Waals surface area contributed by atoms with Gasteiger partial charge in [0.15, 0.2) is 0 Å². The number of carboxylic acids is 1. The summed E-state index contributed by atoms with van der Waals surface area (Å²) in [6, 6.07) is 0. The summed E-state index contributed by atoms with van der Waals surface area (Å²) in [5, 5.41) is 9.32. The molecule has 0 saturated heterocycles. The summed E-state index contributed by atoms with van der Waals surface area (Å²) in [7, 11) is 0. The molecule has 0 radical (unpaired) electrons. The fraction of sp³-hybridized carbons (Fsp3) is 0.857. The van der Waals surface area contributed by atoms with E-state index in [0.29, 0.717) is 19.0 Å². The first kappa shape index (κ1) is 16.9. The Bertz CT molecular complexity index is 299. The van der Waals surface area contributed by atoms with Crippen molar-refractivity contribution >= 4 is 11.9 Å². The first-order valence-corrected chi connectivity index (χ1v) is 6.66. The largest absolute Gasteiger partial charge is 0.481 e. The zero-order valence-electron chi connectivity index (χ0n) is 12.5. The Morgan fingerprint density at radius 3 is 2.00 bits per heavy atom. The maximum atomic E-state index is 12.2. The first-order chi connectivity index (χ1) is 8.15. The summed E-state index contributed by atoms with van der Waals surface area (Å²) in [5.74, 6) is -0.642. The minimum absolute atomic E-state index is 0.0650. The molecule has 18 heavy (non-hydrogen) atoms. The van der Waals surface area contributed by atoms with Gasteiger partial charge in [-0.15, -0.1) is 0 Å². The van der Waals surface area contributed by atoms with Crippen molar-refractivity contribution in [3.8, 4) is 0 Å². The van der Waals surface area contributed by atoms with Gasteiger partial charge in [0.05, 0.1) is 5.41 Å². The third-order valence-corrected chi connectivity index (χ3v) is 3.60. The topological polar surface area (TPSA) is 57.6 Å². The number of hydrogen-bond donors (Lipinski definition) is 1. The normalized spacial score (nSPS) is 14.7. The Kier molecular flexibility index (Phi) is 6.36. The molecular formula is C14H27NO3. The minimum atomic E-state index is -0.985. The van der Waals surface area contributed by atoms with Crippen LogP contribution in [0.5, 0.6) is 0 Å². The highest BCUT2D eigenvalue weighted by molar-refractivity contribution is 5.85. The van der Waals surface area contributed by atoms with Crippen LogP contribution in [-0.2, 0) is 9.59 Å². The molecule has 0 aliphatic carbocycles. The van der Waals surface area contributed by atoms with E-state index in [1.807, 2.05) is 20.8 Å². The lowest BCUT2D eigenvalue weighted by molar-refractivity contribution is -0.155. The van der Waals surface area contributed by atoms with Gasteiger partial charge in [0.1, 0.15) is 0 Å². The van der Waals surface area contributed by atoms with E-state index in [-0.39, 0.29) is 18.2 Å². The van der Waals surface area contributed by atoms with Crippen LogP contribution in [0.2, 0.25) is 0 Å². The Morgan fingerprint density at radius 1 is 1.22 bits per heavy atom. The number of rotatable bonds is 7. The van der Waals surface area contributed by atoms with Crippen LogP contribution in [0.25, 0.3) is 0 Å². The number of nitrogens with zero attached hydrogens (tertiary/aromatic N) is 1. The van der Waals surface area contributed by atoms with E-state index in [1.165, 1.54) is 0 Å². The van der Waals surface area contributed by atoms with Gasteiger partial charge in [0.25, 0.3) is 0 Å². The minimum Gasteiger partial charge on any atom is -0.481 e. The van der Waals surface area contributed by atoms with Crippen molar-refractivity contribution in [3.05, 3.63) is 0 Å². The highest BCUT2D eigenvalue weighted by Gasteiger charge is 2.39. The second-order valence-electron chi connectivity index (χ2n) is 5.88. The third-order valence-electron chi connectivity index (χ3n) is 3.60. The van der Waals surface area contributed by atoms with Crippen LogP contribution in [0.3, 0.4) is 0 Å². The number of carboxylic acid groups (broad SMARTS) is 1. The molecule has 0 aliphatic heterocycles. The Hall–Kier alpha value is -1.06. The smallest absolute Gasteiger partial charge is 0.310 e. The molecule has 0 heterocycles. The maximum absolute atomic E-state index is 12.2. The second kappa shape index (κ2) is 6.76. The van der Waals surface area contributed by atoms with E-state index < -0.39 is 11.4 Å². The van der Waals surface area contributed by atoms with Crippen LogP contribution in [-0.4, -0.2) is 35.0 Å². The van der Waals surface area contributed by atoms with Crippen LogP contribution < -0.4 is 0 Å². The summed E-state index contributed by atoms with van der Waals surface area (Å²) in [4.78, 5) is 25.3. The van der Waals surface area contributed by atoms with Gasteiger partial charge in [0, 0.05) is 19.5 Å². The highest BCUT2D eigenvalue weighted by Crippen LogP contribution is 2.32. The number of carbonyl (C=O) groups is 2. The van der Waals surface area contributed by atoms with Crippen LogP contribution >= 0.6 is 0 Å². The third kappa shape index (κ3) is 4.31. The van der Waals surface area contributed by atoms with Gasteiger partial charge in [-0.1, -0.05) is 27.7 Å². The average Bonchev–Trinajstić information content (AvgIpc) is 2.24. The van der Waals surface area contributed by atoms with Gasteiger partial charge >= 0.3 is 5.97 Å². The Morgan fingerprint density at radius 2 is 1.72 bits per heavy atom. The molecule has 0 aromatic rings. The van der Waals surface area contributed by atoms with Crippen LogP contribution in [0.4, 0.5) is 0 Å². The first-order valence-electron chi connectivity index (χ1n) is 6.66. The molecule has 4 heteroatoms. The molecule has 0 aromatic carbocycles. The predicted octanol–water partition coefficient (Wildman–Crippen LogP) is 2.63. The number of aliphatic carboxylic acids is 1. The van der Waals surface area contributed by atoms with E-state index >= 15 is 0 Å². The van der Waals surface area contributed by atoms with Crippen molar-refractivity contribution in [2.75, 3.05) is 13.1 Å². The van der Waals surface area contributed by atoms with Gasteiger partial charge in [-0.2, -0.15) is 0 Å². The molecule has 4 nitrogen and oxygen atoms in total. The molecule has 1 unspecified atom stereocenters. The molecule has 0 bridgehead atoms. The molecule has 106 valence electrons. The summed E-state index contributed by atoms with van der Waals surface area (Å²) >= 11 is 0. The van der Waals surface area contributed by atoms with E-state index in [9.17, 15) is 14.7 Å². The second-order valence-corrected chi connectivity index (χ2v) is 5.88. The van der Waals surface area contributed by atoms with Gasteiger partial charge in [0.2, 0.25) is 5.91 Å². The fourth-order valence-corrected chi connectivity index (χ4v) is 1.80. The number of amides is 1. The van der Waals surface area contributed by atoms with Crippen molar-refractivity contribution in [1.29, 1.82) is 0 Å². The lowest BCUT2D eigenvalue weighted by atomic mass is 9.76. The van der Waals surface area contributed by atoms with Crippen LogP contribution in [0, 0.1) is 17.3 Å². The van der Waals surface area contributed by atoms with Gasteiger partial charge in [-0.05, 0) is 25.7 Å².